The summed E-state index contributed by atoms with van der Waals surface area (Å²) in [6.07, 6.45) is 10.1. The van der Waals surface area contributed by atoms with Crippen LogP contribution in [0.3, 0.4) is 0 Å². The number of nitrogens with one attached hydrogen (secondary N) is 1. The van der Waals surface area contributed by atoms with Gasteiger partial charge in [0.2, 0.25) is 0 Å². The monoisotopic (exact) mass is 219 g/mol. The number of rotatable bonds is 3. The lowest BCUT2D eigenvalue weighted by Gasteiger charge is -2.28. The smallest absolute Gasteiger partial charge is 0.147 e. The summed E-state index contributed by atoms with van der Waals surface area (Å²) in [7, 11) is 0. The van der Waals surface area contributed by atoms with Crippen molar-refractivity contribution in [2.75, 3.05) is 5.32 Å². The Bertz CT molecular complexity index is 330. The molecule has 0 atom stereocenters. The van der Waals surface area contributed by atoms with E-state index in [1.807, 2.05) is 6.92 Å². The molecule has 16 heavy (non-hydrogen) atoms. The third kappa shape index (κ3) is 2.71. The SMILES string of the molecule is CCC1CCC(Nc2nccnc2C)CC1. The molecule has 0 spiro atoms. The fraction of sp³-hybridized carbons (Fsp3) is 0.692. The summed E-state index contributed by atoms with van der Waals surface area (Å²) in [5.74, 6) is 1.91. The zero-order chi connectivity index (χ0) is 11.4. The molecule has 88 valence electrons. The number of aryl methyl sites for hydroxylation is 1. The number of nitrogens with zero attached hydrogens (tertiary/aromatic N) is 2. The van der Waals surface area contributed by atoms with Crippen molar-refractivity contribution in [3.05, 3.63) is 18.1 Å². The van der Waals surface area contributed by atoms with E-state index in [-0.39, 0.29) is 0 Å². The van der Waals surface area contributed by atoms with Crippen LogP contribution in [0.4, 0.5) is 5.82 Å². The van der Waals surface area contributed by atoms with Gasteiger partial charge in [-0.25, -0.2) is 4.98 Å². The van der Waals surface area contributed by atoms with Gasteiger partial charge in [-0.2, -0.15) is 0 Å². The fourth-order valence-corrected chi connectivity index (χ4v) is 2.46. The van der Waals surface area contributed by atoms with E-state index in [0.29, 0.717) is 6.04 Å². The van der Waals surface area contributed by atoms with E-state index in [9.17, 15) is 0 Å². The summed E-state index contributed by atoms with van der Waals surface area (Å²) < 4.78 is 0. The van der Waals surface area contributed by atoms with Crippen LogP contribution in [0.5, 0.6) is 0 Å². The van der Waals surface area contributed by atoms with Crippen molar-refractivity contribution >= 4 is 5.82 Å². The molecule has 0 unspecified atom stereocenters. The van der Waals surface area contributed by atoms with E-state index in [0.717, 1.165) is 17.4 Å². The van der Waals surface area contributed by atoms with E-state index in [1.54, 1.807) is 12.4 Å². The van der Waals surface area contributed by atoms with E-state index >= 15 is 0 Å². The molecule has 1 aromatic heterocycles. The Morgan fingerprint density at radius 3 is 2.50 bits per heavy atom. The van der Waals surface area contributed by atoms with Gasteiger partial charge in [-0.1, -0.05) is 13.3 Å². The summed E-state index contributed by atoms with van der Waals surface area (Å²) in [5, 5.41) is 3.52. The van der Waals surface area contributed by atoms with Gasteiger partial charge in [-0.3, -0.25) is 4.98 Å². The molecule has 0 aromatic carbocycles. The van der Waals surface area contributed by atoms with Crippen LogP contribution >= 0.6 is 0 Å². The largest absolute Gasteiger partial charge is 0.366 e. The van der Waals surface area contributed by atoms with Crippen LogP contribution in [-0.2, 0) is 0 Å². The van der Waals surface area contributed by atoms with Crippen molar-refractivity contribution in [2.45, 2.75) is 52.0 Å². The maximum atomic E-state index is 4.34. The molecular weight excluding hydrogens is 198 g/mol. The van der Waals surface area contributed by atoms with Crippen molar-refractivity contribution in [3.8, 4) is 0 Å². The molecule has 0 saturated heterocycles. The zero-order valence-corrected chi connectivity index (χ0v) is 10.2. The van der Waals surface area contributed by atoms with Crippen LogP contribution in [0, 0.1) is 12.8 Å². The maximum absolute atomic E-state index is 4.34. The highest BCUT2D eigenvalue weighted by molar-refractivity contribution is 5.39. The Hall–Kier alpha value is -1.12. The molecule has 1 aliphatic carbocycles. The molecule has 1 aliphatic rings. The van der Waals surface area contributed by atoms with Crippen LogP contribution in [0.1, 0.15) is 44.7 Å². The molecule has 1 aromatic rings. The van der Waals surface area contributed by atoms with Gasteiger partial charge in [0.05, 0.1) is 5.69 Å². The molecule has 0 bridgehead atoms. The Kier molecular flexibility index (Phi) is 3.75. The van der Waals surface area contributed by atoms with Gasteiger partial charge in [0.1, 0.15) is 5.82 Å². The second kappa shape index (κ2) is 5.28. The Balaban J connectivity index is 1.89. The lowest BCUT2D eigenvalue weighted by molar-refractivity contribution is 0.329. The van der Waals surface area contributed by atoms with Crippen molar-refractivity contribution in [1.29, 1.82) is 0 Å². The average Bonchev–Trinajstić information content (AvgIpc) is 2.33. The standard InChI is InChI=1S/C13H21N3/c1-3-11-4-6-12(7-5-11)16-13-10(2)14-8-9-15-13/h8-9,11-12H,3-7H2,1-2H3,(H,15,16). The van der Waals surface area contributed by atoms with E-state index in [1.165, 1.54) is 32.1 Å². The van der Waals surface area contributed by atoms with E-state index in [2.05, 4.69) is 22.2 Å². The minimum Gasteiger partial charge on any atom is -0.366 e. The van der Waals surface area contributed by atoms with Crippen molar-refractivity contribution < 1.29 is 0 Å². The molecule has 1 fully saturated rings. The molecule has 0 amide bonds. The first-order valence-electron chi connectivity index (χ1n) is 6.33. The molecule has 1 saturated carbocycles. The molecule has 3 nitrogen and oxygen atoms in total. The number of aromatic nitrogens is 2. The third-order valence-electron chi connectivity index (χ3n) is 3.65. The second-order valence-electron chi connectivity index (χ2n) is 4.76. The number of hydrogen-bond acceptors (Lipinski definition) is 3. The van der Waals surface area contributed by atoms with Gasteiger partial charge < -0.3 is 5.32 Å². The average molecular weight is 219 g/mol. The quantitative estimate of drug-likeness (QED) is 0.848. The summed E-state index contributed by atoms with van der Waals surface area (Å²) in [4.78, 5) is 8.59. The van der Waals surface area contributed by atoms with Gasteiger partial charge in [0.15, 0.2) is 0 Å². The number of anilines is 1. The maximum Gasteiger partial charge on any atom is 0.147 e. The first-order valence-corrected chi connectivity index (χ1v) is 6.33. The topological polar surface area (TPSA) is 37.8 Å². The van der Waals surface area contributed by atoms with Crippen LogP contribution in [0.15, 0.2) is 12.4 Å². The third-order valence-corrected chi connectivity index (χ3v) is 3.65. The van der Waals surface area contributed by atoms with Crippen molar-refractivity contribution in [2.24, 2.45) is 5.92 Å². The predicted molar refractivity (Wildman–Crippen MR) is 66.4 cm³/mol. The predicted octanol–water partition coefficient (Wildman–Crippen LogP) is 3.17. The van der Waals surface area contributed by atoms with Crippen LogP contribution in [-0.4, -0.2) is 16.0 Å². The fourth-order valence-electron chi connectivity index (χ4n) is 2.46. The summed E-state index contributed by atoms with van der Waals surface area (Å²) >= 11 is 0. The first-order chi connectivity index (χ1) is 7.79. The minimum absolute atomic E-state index is 0.596. The van der Waals surface area contributed by atoms with Crippen molar-refractivity contribution in [1.82, 2.24) is 9.97 Å². The van der Waals surface area contributed by atoms with Crippen molar-refractivity contribution in [3.63, 3.8) is 0 Å². The zero-order valence-electron chi connectivity index (χ0n) is 10.2. The molecule has 1 heterocycles. The molecule has 1 N–H and O–H groups in total. The van der Waals surface area contributed by atoms with Crippen LogP contribution in [0.2, 0.25) is 0 Å². The van der Waals surface area contributed by atoms with Gasteiger partial charge in [0, 0.05) is 18.4 Å². The highest BCUT2D eigenvalue weighted by atomic mass is 15.0. The second-order valence-corrected chi connectivity index (χ2v) is 4.76. The van der Waals surface area contributed by atoms with Gasteiger partial charge in [0.25, 0.3) is 0 Å². The molecule has 0 radical (unpaired) electrons. The van der Waals surface area contributed by atoms with Gasteiger partial charge in [-0.15, -0.1) is 0 Å². The highest BCUT2D eigenvalue weighted by Crippen LogP contribution is 2.28. The molecule has 2 rings (SSSR count). The van der Waals surface area contributed by atoms with Crippen LogP contribution in [0.25, 0.3) is 0 Å². The van der Waals surface area contributed by atoms with Gasteiger partial charge in [-0.05, 0) is 38.5 Å². The Morgan fingerprint density at radius 1 is 1.19 bits per heavy atom. The lowest BCUT2D eigenvalue weighted by Crippen LogP contribution is -2.26. The lowest BCUT2D eigenvalue weighted by atomic mass is 9.84. The molecule has 3 heteroatoms. The van der Waals surface area contributed by atoms with Gasteiger partial charge >= 0.3 is 0 Å². The summed E-state index contributed by atoms with van der Waals surface area (Å²) in [6, 6.07) is 0.596. The molecular formula is C13H21N3. The minimum atomic E-state index is 0.596. The first kappa shape index (κ1) is 11.4. The number of hydrogen-bond donors (Lipinski definition) is 1. The summed E-state index contributed by atoms with van der Waals surface area (Å²) in [6.45, 7) is 4.30. The Labute approximate surface area is 97.7 Å². The van der Waals surface area contributed by atoms with Crippen LogP contribution < -0.4 is 5.32 Å². The molecule has 0 aliphatic heterocycles. The van der Waals surface area contributed by atoms with E-state index in [4.69, 9.17) is 0 Å². The van der Waals surface area contributed by atoms with E-state index < -0.39 is 0 Å². The normalized spacial score (nSPS) is 25.4. The highest BCUT2D eigenvalue weighted by Gasteiger charge is 2.20. The summed E-state index contributed by atoms with van der Waals surface area (Å²) in [5.41, 5.74) is 1.00. The Morgan fingerprint density at radius 2 is 1.88 bits per heavy atom.